The molecule has 0 saturated heterocycles. The van der Waals surface area contributed by atoms with Crippen LogP contribution in [0.1, 0.15) is 80.8 Å². The highest BCUT2D eigenvalue weighted by Gasteiger charge is 2.24. The standard InChI is InChI=1S/C28H39NO2/c1-21-11-9-10-14-24(21)26-19-23(15-16-25(26)27(30)31-5)20-29(28(2,3)4)18-17-22-12-7-6-8-13-22/h9-11,14-16,19,22H,6-8,12-13,17-18,20H2,1-5H3. The minimum absolute atomic E-state index is 0.0957. The molecule has 1 aliphatic rings. The number of esters is 1. The molecule has 2 aromatic rings. The molecule has 3 nitrogen and oxygen atoms in total. The first-order valence-electron chi connectivity index (χ1n) is 11.8. The Labute approximate surface area is 188 Å². The van der Waals surface area contributed by atoms with Crippen LogP contribution < -0.4 is 0 Å². The summed E-state index contributed by atoms with van der Waals surface area (Å²) in [7, 11) is 1.45. The lowest BCUT2D eigenvalue weighted by Crippen LogP contribution is -2.42. The van der Waals surface area contributed by atoms with E-state index in [-0.39, 0.29) is 11.5 Å². The molecule has 0 spiro atoms. The van der Waals surface area contributed by atoms with E-state index in [1.165, 1.54) is 51.2 Å². The molecule has 0 unspecified atom stereocenters. The predicted molar refractivity (Wildman–Crippen MR) is 129 cm³/mol. The highest BCUT2D eigenvalue weighted by molar-refractivity contribution is 5.97. The van der Waals surface area contributed by atoms with Crippen LogP contribution in [0.15, 0.2) is 42.5 Å². The minimum atomic E-state index is -0.283. The SMILES string of the molecule is COC(=O)c1ccc(CN(CCC2CCCCC2)C(C)(C)C)cc1-c1ccccc1C. The Morgan fingerprint density at radius 1 is 1.03 bits per heavy atom. The second kappa shape index (κ2) is 10.5. The Bertz CT molecular complexity index is 875. The van der Waals surface area contributed by atoms with Crippen LogP contribution >= 0.6 is 0 Å². The predicted octanol–water partition coefficient (Wildman–Crippen LogP) is 7.02. The Balaban J connectivity index is 1.86. The Morgan fingerprint density at radius 2 is 1.74 bits per heavy atom. The molecule has 0 radical (unpaired) electrons. The molecule has 168 valence electrons. The number of aryl methyl sites for hydroxylation is 1. The van der Waals surface area contributed by atoms with Gasteiger partial charge in [-0.05, 0) is 81.0 Å². The number of nitrogens with zero attached hydrogens (tertiary/aromatic N) is 1. The molecule has 0 atom stereocenters. The summed E-state index contributed by atoms with van der Waals surface area (Å²) in [6.07, 6.45) is 8.27. The maximum Gasteiger partial charge on any atom is 0.338 e. The van der Waals surface area contributed by atoms with Crippen molar-refractivity contribution in [3.63, 3.8) is 0 Å². The van der Waals surface area contributed by atoms with Crippen molar-refractivity contribution in [3.05, 3.63) is 59.2 Å². The summed E-state index contributed by atoms with van der Waals surface area (Å²) in [6.45, 7) is 11.0. The van der Waals surface area contributed by atoms with Crippen LogP contribution in [0.2, 0.25) is 0 Å². The maximum absolute atomic E-state index is 12.5. The van der Waals surface area contributed by atoms with Gasteiger partial charge in [-0.25, -0.2) is 4.79 Å². The largest absolute Gasteiger partial charge is 0.465 e. The van der Waals surface area contributed by atoms with Gasteiger partial charge in [0.1, 0.15) is 0 Å². The van der Waals surface area contributed by atoms with Gasteiger partial charge >= 0.3 is 5.97 Å². The van der Waals surface area contributed by atoms with Crippen molar-refractivity contribution in [2.45, 2.75) is 78.3 Å². The molecule has 3 heteroatoms. The van der Waals surface area contributed by atoms with Crippen molar-refractivity contribution in [1.29, 1.82) is 0 Å². The first-order valence-corrected chi connectivity index (χ1v) is 11.8. The zero-order valence-electron chi connectivity index (χ0n) is 20.0. The molecule has 0 N–H and O–H groups in total. The van der Waals surface area contributed by atoms with Crippen LogP contribution in [-0.2, 0) is 11.3 Å². The first-order chi connectivity index (χ1) is 14.8. The van der Waals surface area contributed by atoms with Gasteiger partial charge in [0, 0.05) is 12.1 Å². The number of ether oxygens (including phenoxy) is 1. The van der Waals surface area contributed by atoms with Crippen LogP contribution in [0.5, 0.6) is 0 Å². The average molecular weight is 422 g/mol. The van der Waals surface area contributed by atoms with Crippen molar-refractivity contribution in [1.82, 2.24) is 4.90 Å². The Kier molecular flexibility index (Phi) is 7.94. The van der Waals surface area contributed by atoms with Gasteiger partial charge in [0.15, 0.2) is 0 Å². The normalized spacial score (nSPS) is 15.3. The summed E-state index contributed by atoms with van der Waals surface area (Å²) < 4.78 is 5.07. The van der Waals surface area contributed by atoms with Crippen LogP contribution in [0.4, 0.5) is 0 Å². The second-order valence-corrected chi connectivity index (χ2v) is 10.1. The zero-order chi connectivity index (χ0) is 22.4. The second-order valence-electron chi connectivity index (χ2n) is 10.1. The Hall–Kier alpha value is -2.13. The number of rotatable bonds is 7. The van der Waals surface area contributed by atoms with E-state index >= 15 is 0 Å². The molecule has 1 aliphatic carbocycles. The number of methoxy groups -OCH3 is 1. The molecule has 0 bridgehead atoms. The monoisotopic (exact) mass is 421 g/mol. The van der Waals surface area contributed by atoms with Gasteiger partial charge in [0.05, 0.1) is 12.7 Å². The highest BCUT2D eigenvalue weighted by Crippen LogP contribution is 2.31. The zero-order valence-corrected chi connectivity index (χ0v) is 20.0. The summed E-state index contributed by atoms with van der Waals surface area (Å²) in [4.78, 5) is 15.1. The Morgan fingerprint density at radius 3 is 2.39 bits per heavy atom. The lowest BCUT2D eigenvalue weighted by atomic mass is 9.86. The van der Waals surface area contributed by atoms with Gasteiger partial charge in [0.25, 0.3) is 0 Å². The molecule has 0 amide bonds. The molecular weight excluding hydrogens is 382 g/mol. The van der Waals surface area contributed by atoms with Gasteiger partial charge in [-0.1, -0.05) is 62.4 Å². The summed E-state index contributed by atoms with van der Waals surface area (Å²) in [6, 6.07) is 14.5. The molecular formula is C28H39NO2. The summed E-state index contributed by atoms with van der Waals surface area (Å²) in [5.41, 5.74) is 5.18. The quantitative estimate of drug-likeness (QED) is 0.450. The van der Waals surface area contributed by atoms with Gasteiger partial charge in [-0.2, -0.15) is 0 Å². The van der Waals surface area contributed by atoms with E-state index in [9.17, 15) is 4.79 Å². The smallest absolute Gasteiger partial charge is 0.338 e. The molecule has 1 saturated carbocycles. The van der Waals surface area contributed by atoms with E-state index in [0.29, 0.717) is 5.56 Å². The van der Waals surface area contributed by atoms with Crippen molar-refractivity contribution in [3.8, 4) is 11.1 Å². The third-order valence-corrected chi connectivity index (χ3v) is 6.78. The van der Waals surface area contributed by atoms with Gasteiger partial charge in [-0.3, -0.25) is 4.90 Å². The topological polar surface area (TPSA) is 29.5 Å². The third-order valence-electron chi connectivity index (χ3n) is 6.78. The average Bonchev–Trinajstić information content (AvgIpc) is 2.76. The molecule has 3 rings (SSSR count). The molecule has 2 aromatic carbocycles. The third kappa shape index (κ3) is 6.20. The van der Waals surface area contributed by atoms with Crippen LogP contribution in [0, 0.1) is 12.8 Å². The highest BCUT2D eigenvalue weighted by atomic mass is 16.5. The fraction of sp³-hybridized carbons (Fsp3) is 0.536. The lowest BCUT2D eigenvalue weighted by molar-refractivity contribution is 0.0601. The van der Waals surface area contributed by atoms with Crippen molar-refractivity contribution < 1.29 is 9.53 Å². The number of benzene rings is 2. The minimum Gasteiger partial charge on any atom is -0.465 e. The number of carbonyl (C=O) groups is 1. The summed E-state index contributed by atoms with van der Waals surface area (Å²) in [5, 5.41) is 0. The molecule has 0 aromatic heterocycles. The van der Waals surface area contributed by atoms with Crippen LogP contribution in [0.3, 0.4) is 0 Å². The number of hydrogen-bond donors (Lipinski definition) is 0. The lowest BCUT2D eigenvalue weighted by Gasteiger charge is -2.37. The van der Waals surface area contributed by atoms with Crippen molar-refractivity contribution in [2.75, 3.05) is 13.7 Å². The van der Waals surface area contributed by atoms with E-state index in [1.54, 1.807) is 0 Å². The molecule has 0 aliphatic heterocycles. The van der Waals surface area contributed by atoms with Crippen molar-refractivity contribution in [2.24, 2.45) is 5.92 Å². The van der Waals surface area contributed by atoms with E-state index in [1.807, 2.05) is 18.2 Å². The van der Waals surface area contributed by atoms with Gasteiger partial charge < -0.3 is 4.74 Å². The first kappa shape index (κ1) is 23.5. The molecule has 31 heavy (non-hydrogen) atoms. The van der Waals surface area contributed by atoms with Gasteiger partial charge in [-0.15, -0.1) is 0 Å². The molecule has 1 fully saturated rings. The van der Waals surface area contributed by atoms with E-state index < -0.39 is 0 Å². The number of hydrogen-bond acceptors (Lipinski definition) is 3. The van der Waals surface area contributed by atoms with E-state index in [4.69, 9.17) is 4.74 Å². The summed E-state index contributed by atoms with van der Waals surface area (Å²) in [5.74, 6) is 0.595. The van der Waals surface area contributed by atoms with E-state index in [0.717, 1.165) is 35.7 Å². The van der Waals surface area contributed by atoms with Gasteiger partial charge in [0.2, 0.25) is 0 Å². The number of carbonyl (C=O) groups excluding carboxylic acids is 1. The maximum atomic E-state index is 12.5. The van der Waals surface area contributed by atoms with Crippen molar-refractivity contribution >= 4 is 5.97 Å². The summed E-state index contributed by atoms with van der Waals surface area (Å²) >= 11 is 0. The van der Waals surface area contributed by atoms with Crippen LogP contribution in [-0.4, -0.2) is 30.1 Å². The van der Waals surface area contributed by atoms with E-state index in [2.05, 4.69) is 56.9 Å². The molecule has 0 heterocycles. The van der Waals surface area contributed by atoms with Crippen LogP contribution in [0.25, 0.3) is 11.1 Å². The fourth-order valence-electron chi connectivity index (χ4n) is 4.76. The fourth-order valence-corrected chi connectivity index (χ4v) is 4.76.